The van der Waals surface area contributed by atoms with E-state index >= 15 is 0 Å². The van der Waals surface area contributed by atoms with E-state index in [1.165, 1.54) is 25.7 Å². The monoisotopic (exact) mass is 195 g/mol. The Kier molecular flexibility index (Phi) is 2.66. The SMILES string of the molecule is CC(C)C1CCCN1C(N)=NC1CC1. The van der Waals surface area contributed by atoms with Crippen LogP contribution in [0.25, 0.3) is 0 Å². The van der Waals surface area contributed by atoms with Gasteiger partial charge in [0, 0.05) is 12.6 Å². The second-order valence-electron chi connectivity index (χ2n) is 4.87. The Balaban J connectivity index is 2.00. The summed E-state index contributed by atoms with van der Waals surface area (Å²) in [5, 5.41) is 0. The van der Waals surface area contributed by atoms with Crippen LogP contribution >= 0.6 is 0 Å². The molecule has 1 aliphatic carbocycles. The molecule has 0 aromatic rings. The third-order valence-corrected chi connectivity index (χ3v) is 3.22. The van der Waals surface area contributed by atoms with Crippen molar-refractivity contribution in [3.63, 3.8) is 0 Å². The highest BCUT2D eigenvalue weighted by Crippen LogP contribution is 2.26. The number of aliphatic imine (C=N–C) groups is 1. The second kappa shape index (κ2) is 3.79. The van der Waals surface area contributed by atoms with Crippen molar-refractivity contribution in [2.24, 2.45) is 16.6 Å². The van der Waals surface area contributed by atoms with Crippen molar-refractivity contribution in [2.75, 3.05) is 6.54 Å². The molecular weight excluding hydrogens is 174 g/mol. The lowest BCUT2D eigenvalue weighted by atomic mass is 10.0. The summed E-state index contributed by atoms with van der Waals surface area (Å²) >= 11 is 0. The summed E-state index contributed by atoms with van der Waals surface area (Å²) in [6, 6.07) is 1.17. The summed E-state index contributed by atoms with van der Waals surface area (Å²) in [7, 11) is 0. The zero-order valence-electron chi connectivity index (χ0n) is 9.24. The molecule has 14 heavy (non-hydrogen) atoms. The van der Waals surface area contributed by atoms with Gasteiger partial charge in [-0.15, -0.1) is 0 Å². The van der Waals surface area contributed by atoms with Gasteiger partial charge in [-0.2, -0.15) is 0 Å². The molecule has 1 heterocycles. The van der Waals surface area contributed by atoms with Gasteiger partial charge < -0.3 is 10.6 Å². The van der Waals surface area contributed by atoms with Crippen molar-refractivity contribution in [3.05, 3.63) is 0 Å². The first-order chi connectivity index (χ1) is 6.68. The topological polar surface area (TPSA) is 41.6 Å². The Hall–Kier alpha value is -0.730. The molecule has 0 spiro atoms. The molecule has 1 saturated heterocycles. The van der Waals surface area contributed by atoms with Gasteiger partial charge in [0.25, 0.3) is 0 Å². The second-order valence-corrected chi connectivity index (χ2v) is 4.87. The Labute approximate surface area is 86.4 Å². The largest absolute Gasteiger partial charge is 0.370 e. The average molecular weight is 195 g/mol. The van der Waals surface area contributed by atoms with E-state index in [2.05, 4.69) is 23.7 Å². The molecule has 0 amide bonds. The Morgan fingerprint density at radius 1 is 1.36 bits per heavy atom. The lowest BCUT2D eigenvalue weighted by Gasteiger charge is -2.28. The number of rotatable bonds is 2. The predicted molar refractivity (Wildman–Crippen MR) is 59.2 cm³/mol. The van der Waals surface area contributed by atoms with E-state index < -0.39 is 0 Å². The first-order valence-corrected chi connectivity index (χ1v) is 5.78. The van der Waals surface area contributed by atoms with Crippen molar-refractivity contribution in [1.29, 1.82) is 0 Å². The van der Waals surface area contributed by atoms with Crippen molar-refractivity contribution in [3.8, 4) is 0 Å². The fraction of sp³-hybridized carbons (Fsp3) is 0.909. The minimum Gasteiger partial charge on any atom is -0.370 e. The summed E-state index contributed by atoms with van der Waals surface area (Å²) in [5.74, 6) is 1.48. The molecule has 0 aromatic carbocycles. The minimum absolute atomic E-state index is 0.545. The molecule has 1 saturated carbocycles. The molecule has 0 aromatic heterocycles. The number of nitrogens with zero attached hydrogens (tertiary/aromatic N) is 2. The Bertz CT molecular complexity index is 231. The number of hydrogen-bond acceptors (Lipinski definition) is 1. The molecule has 0 bridgehead atoms. The van der Waals surface area contributed by atoms with E-state index in [1.54, 1.807) is 0 Å². The first-order valence-electron chi connectivity index (χ1n) is 5.78. The molecular formula is C11H21N3. The van der Waals surface area contributed by atoms with Gasteiger partial charge in [-0.05, 0) is 31.6 Å². The van der Waals surface area contributed by atoms with E-state index in [1.807, 2.05) is 0 Å². The van der Waals surface area contributed by atoms with Gasteiger partial charge in [-0.25, -0.2) is 4.99 Å². The maximum absolute atomic E-state index is 6.02. The molecule has 3 nitrogen and oxygen atoms in total. The normalized spacial score (nSPS) is 28.9. The molecule has 80 valence electrons. The van der Waals surface area contributed by atoms with E-state index in [-0.39, 0.29) is 0 Å². The number of nitrogens with two attached hydrogens (primary N) is 1. The third kappa shape index (κ3) is 2.02. The van der Waals surface area contributed by atoms with E-state index in [0.717, 1.165) is 12.5 Å². The Morgan fingerprint density at radius 2 is 2.07 bits per heavy atom. The molecule has 2 fully saturated rings. The summed E-state index contributed by atoms with van der Waals surface area (Å²) in [4.78, 5) is 6.83. The van der Waals surface area contributed by atoms with Gasteiger partial charge in [0.05, 0.1) is 6.04 Å². The maximum Gasteiger partial charge on any atom is 0.191 e. The third-order valence-electron chi connectivity index (χ3n) is 3.22. The molecule has 3 heteroatoms. The summed E-state index contributed by atoms with van der Waals surface area (Å²) < 4.78 is 0. The molecule has 0 radical (unpaired) electrons. The van der Waals surface area contributed by atoms with Gasteiger partial charge in [0.2, 0.25) is 0 Å². The van der Waals surface area contributed by atoms with Gasteiger partial charge in [0.1, 0.15) is 0 Å². The highest BCUT2D eigenvalue weighted by atomic mass is 15.3. The van der Waals surface area contributed by atoms with Gasteiger partial charge in [-0.3, -0.25) is 0 Å². The van der Waals surface area contributed by atoms with Crippen LogP contribution in [0.15, 0.2) is 4.99 Å². The van der Waals surface area contributed by atoms with E-state index in [4.69, 9.17) is 5.73 Å². The van der Waals surface area contributed by atoms with Gasteiger partial charge in [0.15, 0.2) is 5.96 Å². The number of likely N-dealkylation sites (tertiary alicyclic amines) is 1. The summed E-state index contributed by atoms with van der Waals surface area (Å²) in [5.41, 5.74) is 6.02. The van der Waals surface area contributed by atoms with Crippen LogP contribution in [-0.4, -0.2) is 29.5 Å². The van der Waals surface area contributed by atoms with Crippen molar-refractivity contribution in [1.82, 2.24) is 4.90 Å². The molecule has 1 unspecified atom stereocenters. The maximum atomic E-state index is 6.02. The van der Waals surface area contributed by atoms with Gasteiger partial charge >= 0.3 is 0 Å². The molecule has 2 N–H and O–H groups in total. The first kappa shape index (κ1) is 9.81. The molecule has 1 aliphatic heterocycles. The van der Waals surface area contributed by atoms with Crippen LogP contribution in [0.5, 0.6) is 0 Å². The number of hydrogen-bond donors (Lipinski definition) is 1. The van der Waals surface area contributed by atoms with E-state index in [9.17, 15) is 0 Å². The molecule has 2 aliphatic rings. The highest BCUT2D eigenvalue weighted by molar-refractivity contribution is 5.79. The minimum atomic E-state index is 0.545. The quantitative estimate of drug-likeness (QED) is 0.537. The van der Waals surface area contributed by atoms with E-state index in [0.29, 0.717) is 18.0 Å². The van der Waals surface area contributed by atoms with Crippen molar-refractivity contribution >= 4 is 5.96 Å². The summed E-state index contributed by atoms with van der Waals surface area (Å²) in [6.07, 6.45) is 5.02. The highest BCUT2D eigenvalue weighted by Gasteiger charge is 2.30. The Morgan fingerprint density at radius 3 is 2.64 bits per heavy atom. The summed E-state index contributed by atoms with van der Waals surface area (Å²) in [6.45, 7) is 5.64. The lowest BCUT2D eigenvalue weighted by molar-refractivity contribution is 0.305. The van der Waals surface area contributed by atoms with Crippen LogP contribution in [0.2, 0.25) is 0 Å². The smallest absolute Gasteiger partial charge is 0.191 e. The van der Waals surface area contributed by atoms with Crippen molar-refractivity contribution < 1.29 is 0 Å². The average Bonchev–Trinajstić information content (AvgIpc) is 2.81. The van der Waals surface area contributed by atoms with Crippen molar-refractivity contribution in [2.45, 2.75) is 51.6 Å². The zero-order valence-corrected chi connectivity index (χ0v) is 9.24. The lowest BCUT2D eigenvalue weighted by Crippen LogP contribution is -2.43. The van der Waals surface area contributed by atoms with Gasteiger partial charge in [-0.1, -0.05) is 13.8 Å². The molecule has 2 rings (SSSR count). The number of guanidine groups is 1. The van der Waals surface area contributed by atoms with Crippen LogP contribution in [0, 0.1) is 5.92 Å². The van der Waals surface area contributed by atoms with Crippen LogP contribution in [0.4, 0.5) is 0 Å². The molecule has 1 atom stereocenters. The van der Waals surface area contributed by atoms with Crippen LogP contribution in [0.3, 0.4) is 0 Å². The fourth-order valence-corrected chi connectivity index (χ4v) is 2.23. The predicted octanol–water partition coefficient (Wildman–Crippen LogP) is 1.58. The van der Waals surface area contributed by atoms with Crippen LogP contribution in [-0.2, 0) is 0 Å². The standard InChI is InChI=1S/C11H21N3/c1-8(2)10-4-3-7-14(10)11(12)13-9-5-6-9/h8-10H,3-7H2,1-2H3,(H2,12,13). The van der Waals surface area contributed by atoms with Crippen LogP contribution in [0.1, 0.15) is 39.5 Å². The fourth-order valence-electron chi connectivity index (χ4n) is 2.23. The van der Waals surface area contributed by atoms with Crippen LogP contribution < -0.4 is 5.73 Å². The zero-order chi connectivity index (χ0) is 10.1.